The first kappa shape index (κ1) is 15.7. The molecule has 0 aliphatic heterocycles. The normalized spacial score (nSPS) is 12.2. The molecule has 0 saturated carbocycles. The summed E-state index contributed by atoms with van der Waals surface area (Å²) in [4.78, 5) is 0. The molecule has 0 aromatic heterocycles. The van der Waals surface area contributed by atoms with Crippen LogP contribution in [0.25, 0.3) is 0 Å². The molecule has 5 heteroatoms. The molecule has 21 heavy (non-hydrogen) atoms. The Morgan fingerprint density at radius 2 is 1.95 bits per heavy atom. The summed E-state index contributed by atoms with van der Waals surface area (Å²) < 4.78 is 32.0. The van der Waals surface area contributed by atoms with Gasteiger partial charge in [0.25, 0.3) is 0 Å². The molecule has 0 fully saturated rings. The Morgan fingerprint density at radius 3 is 2.62 bits per heavy atom. The molecule has 0 bridgehead atoms. The van der Waals surface area contributed by atoms with Crippen LogP contribution in [0.15, 0.2) is 36.4 Å². The lowest BCUT2D eigenvalue weighted by Crippen LogP contribution is -2.21. The molecule has 0 saturated heterocycles. The molecule has 2 aromatic carbocycles. The summed E-state index contributed by atoms with van der Waals surface area (Å²) in [7, 11) is 0. The first-order valence-corrected chi connectivity index (χ1v) is 7.05. The van der Waals surface area contributed by atoms with Gasteiger partial charge in [0.15, 0.2) is 11.6 Å². The van der Waals surface area contributed by atoms with Gasteiger partial charge in [0.1, 0.15) is 5.75 Å². The van der Waals surface area contributed by atoms with E-state index < -0.39 is 11.6 Å². The number of rotatable bonds is 5. The number of hydrogen-bond acceptors (Lipinski definition) is 2. The predicted molar refractivity (Wildman–Crippen MR) is 79.9 cm³/mol. The van der Waals surface area contributed by atoms with Crippen LogP contribution in [0.5, 0.6) is 11.5 Å². The van der Waals surface area contributed by atoms with Crippen molar-refractivity contribution in [3.8, 4) is 11.5 Å². The van der Waals surface area contributed by atoms with Crippen molar-refractivity contribution >= 4 is 11.6 Å². The smallest absolute Gasteiger partial charge is 0.201 e. The number of nitrogens with two attached hydrogens (primary N) is 1. The maximum absolute atomic E-state index is 13.6. The first-order chi connectivity index (χ1) is 10.0. The molecule has 1 unspecified atom stereocenters. The van der Waals surface area contributed by atoms with Gasteiger partial charge in [0, 0.05) is 6.04 Å². The Bertz CT molecular complexity index is 634. The minimum absolute atomic E-state index is 0.0634. The van der Waals surface area contributed by atoms with Crippen LogP contribution in [0.4, 0.5) is 8.78 Å². The maximum atomic E-state index is 13.6. The van der Waals surface area contributed by atoms with Crippen LogP contribution >= 0.6 is 11.6 Å². The number of halogens is 3. The van der Waals surface area contributed by atoms with Crippen molar-refractivity contribution in [3.63, 3.8) is 0 Å². The summed E-state index contributed by atoms with van der Waals surface area (Å²) in [5, 5.41) is 0.333. The van der Waals surface area contributed by atoms with Gasteiger partial charge >= 0.3 is 0 Å². The van der Waals surface area contributed by atoms with Gasteiger partial charge in [-0.2, -0.15) is 4.39 Å². The topological polar surface area (TPSA) is 35.2 Å². The molecule has 2 aromatic rings. The molecule has 2 N–H and O–H groups in total. The van der Waals surface area contributed by atoms with Crippen LogP contribution in [0.1, 0.15) is 18.9 Å². The first-order valence-electron chi connectivity index (χ1n) is 6.67. The molecular weight excluding hydrogens is 296 g/mol. The Kier molecular flexibility index (Phi) is 5.15. The summed E-state index contributed by atoms with van der Waals surface area (Å²) in [5.41, 5.74) is 6.86. The second-order valence-electron chi connectivity index (χ2n) is 4.79. The predicted octanol–water partition coefficient (Wildman–Crippen LogP) is 4.69. The van der Waals surface area contributed by atoms with Crippen molar-refractivity contribution < 1.29 is 13.5 Å². The fraction of sp³-hybridized carbons (Fsp3) is 0.250. The van der Waals surface area contributed by atoms with Gasteiger partial charge in [-0.1, -0.05) is 30.7 Å². The van der Waals surface area contributed by atoms with Gasteiger partial charge in [-0.25, -0.2) is 4.39 Å². The van der Waals surface area contributed by atoms with E-state index in [-0.39, 0.29) is 17.5 Å². The van der Waals surface area contributed by atoms with E-state index in [2.05, 4.69) is 0 Å². The fourth-order valence-electron chi connectivity index (χ4n) is 1.88. The Morgan fingerprint density at radius 1 is 1.19 bits per heavy atom. The van der Waals surface area contributed by atoms with Crippen molar-refractivity contribution in [1.82, 2.24) is 0 Å². The zero-order valence-corrected chi connectivity index (χ0v) is 12.3. The SMILES string of the molecule is CCC(N)Cc1ccc(Oc2cccc(F)c2F)c(Cl)c1. The molecule has 1 atom stereocenters. The van der Waals surface area contributed by atoms with Crippen molar-refractivity contribution in [3.05, 3.63) is 58.6 Å². The van der Waals surface area contributed by atoms with Gasteiger partial charge in [-0.15, -0.1) is 0 Å². The van der Waals surface area contributed by atoms with E-state index in [1.54, 1.807) is 12.1 Å². The van der Waals surface area contributed by atoms with Crippen LogP contribution in [-0.4, -0.2) is 6.04 Å². The largest absolute Gasteiger partial charge is 0.453 e. The van der Waals surface area contributed by atoms with E-state index in [0.717, 1.165) is 18.1 Å². The lowest BCUT2D eigenvalue weighted by molar-refractivity contribution is 0.416. The highest BCUT2D eigenvalue weighted by atomic mass is 35.5. The lowest BCUT2D eigenvalue weighted by atomic mass is 10.0. The van der Waals surface area contributed by atoms with Gasteiger partial charge in [-0.3, -0.25) is 0 Å². The van der Waals surface area contributed by atoms with E-state index in [0.29, 0.717) is 11.4 Å². The third-order valence-corrected chi connectivity index (χ3v) is 3.45. The quantitative estimate of drug-likeness (QED) is 0.869. The summed E-state index contributed by atoms with van der Waals surface area (Å²) >= 11 is 6.12. The van der Waals surface area contributed by atoms with Gasteiger partial charge in [0.2, 0.25) is 5.82 Å². The number of ether oxygens (including phenoxy) is 1. The van der Waals surface area contributed by atoms with Crippen LogP contribution in [0.3, 0.4) is 0 Å². The maximum Gasteiger partial charge on any atom is 0.201 e. The molecule has 0 heterocycles. The molecule has 112 valence electrons. The third-order valence-electron chi connectivity index (χ3n) is 3.15. The summed E-state index contributed by atoms with van der Waals surface area (Å²) in [6, 6.07) is 8.97. The van der Waals surface area contributed by atoms with Crippen LogP contribution in [0.2, 0.25) is 5.02 Å². The molecular formula is C16H16ClF2NO. The van der Waals surface area contributed by atoms with Gasteiger partial charge in [0.05, 0.1) is 5.02 Å². The highest BCUT2D eigenvalue weighted by molar-refractivity contribution is 6.32. The van der Waals surface area contributed by atoms with Crippen molar-refractivity contribution in [2.24, 2.45) is 5.73 Å². The van der Waals surface area contributed by atoms with Crippen molar-refractivity contribution in [1.29, 1.82) is 0 Å². The minimum Gasteiger partial charge on any atom is -0.453 e. The molecule has 2 nitrogen and oxygen atoms in total. The second kappa shape index (κ2) is 6.87. The highest BCUT2D eigenvalue weighted by Crippen LogP contribution is 2.32. The molecule has 0 amide bonds. The van der Waals surface area contributed by atoms with Gasteiger partial charge in [-0.05, 0) is 42.7 Å². The van der Waals surface area contributed by atoms with Crippen molar-refractivity contribution in [2.75, 3.05) is 0 Å². The van der Waals surface area contributed by atoms with E-state index in [1.165, 1.54) is 12.1 Å². The molecule has 0 aliphatic carbocycles. The van der Waals surface area contributed by atoms with E-state index >= 15 is 0 Å². The van der Waals surface area contributed by atoms with E-state index in [1.807, 2.05) is 13.0 Å². The van der Waals surface area contributed by atoms with Crippen LogP contribution < -0.4 is 10.5 Å². The van der Waals surface area contributed by atoms with Crippen LogP contribution in [0, 0.1) is 11.6 Å². The third kappa shape index (κ3) is 3.93. The zero-order valence-electron chi connectivity index (χ0n) is 11.6. The fourth-order valence-corrected chi connectivity index (χ4v) is 2.12. The van der Waals surface area contributed by atoms with E-state index in [9.17, 15) is 8.78 Å². The van der Waals surface area contributed by atoms with Gasteiger partial charge < -0.3 is 10.5 Å². The monoisotopic (exact) mass is 311 g/mol. The number of hydrogen-bond donors (Lipinski definition) is 1. The number of benzene rings is 2. The Labute approximate surface area is 127 Å². The lowest BCUT2D eigenvalue weighted by Gasteiger charge is -2.12. The molecule has 0 spiro atoms. The Balaban J connectivity index is 2.19. The van der Waals surface area contributed by atoms with E-state index in [4.69, 9.17) is 22.1 Å². The molecule has 2 rings (SSSR count). The molecule has 0 radical (unpaired) electrons. The second-order valence-corrected chi connectivity index (χ2v) is 5.20. The average molecular weight is 312 g/mol. The Hall–Kier alpha value is -1.65. The summed E-state index contributed by atoms with van der Waals surface area (Å²) in [6.07, 6.45) is 1.56. The standard InChI is InChI=1S/C16H16ClF2NO/c1-2-11(20)8-10-6-7-14(12(17)9-10)21-15-5-3-4-13(18)16(15)19/h3-7,9,11H,2,8,20H2,1H3. The van der Waals surface area contributed by atoms with Crippen LogP contribution in [-0.2, 0) is 6.42 Å². The summed E-state index contributed by atoms with van der Waals surface area (Å²) in [6.45, 7) is 2.01. The minimum atomic E-state index is -1.04. The molecule has 0 aliphatic rings. The summed E-state index contributed by atoms with van der Waals surface area (Å²) in [5.74, 6) is -1.93. The highest BCUT2D eigenvalue weighted by Gasteiger charge is 2.12. The van der Waals surface area contributed by atoms with Crippen molar-refractivity contribution in [2.45, 2.75) is 25.8 Å². The zero-order chi connectivity index (χ0) is 15.4. The average Bonchev–Trinajstić information content (AvgIpc) is 2.46.